The lowest BCUT2D eigenvalue weighted by Gasteiger charge is -2.09. The maximum Gasteiger partial charge on any atom is 0.341 e. The highest BCUT2D eigenvalue weighted by Gasteiger charge is 2.12. The van der Waals surface area contributed by atoms with Crippen molar-refractivity contribution in [1.82, 2.24) is 9.97 Å². The highest BCUT2D eigenvalue weighted by atomic mass is 16.5. The predicted octanol–water partition coefficient (Wildman–Crippen LogP) is 1.84. The van der Waals surface area contributed by atoms with Crippen LogP contribution in [0.1, 0.15) is 16.1 Å². The number of carbonyl (C=O) groups excluding carboxylic acids is 1. The first-order valence-electron chi connectivity index (χ1n) is 5.36. The van der Waals surface area contributed by atoms with Crippen LogP contribution in [0.5, 0.6) is 5.75 Å². The van der Waals surface area contributed by atoms with Gasteiger partial charge in [0, 0.05) is 12.4 Å². The van der Waals surface area contributed by atoms with E-state index in [0.29, 0.717) is 17.0 Å². The molecule has 0 fully saturated rings. The smallest absolute Gasteiger partial charge is 0.341 e. The molecule has 2 rings (SSSR count). The monoisotopic (exact) mass is 244 g/mol. The molecule has 2 aromatic rings. The molecule has 0 radical (unpaired) electrons. The fourth-order valence-corrected chi connectivity index (χ4v) is 1.43. The summed E-state index contributed by atoms with van der Waals surface area (Å²) in [4.78, 5) is 19.5. The Bertz CT molecular complexity index is 529. The maximum atomic E-state index is 11.5. The second kappa shape index (κ2) is 5.77. The molecule has 0 aliphatic carbocycles. The van der Waals surface area contributed by atoms with E-state index < -0.39 is 5.97 Å². The summed E-state index contributed by atoms with van der Waals surface area (Å²) in [5.74, 6) is 0.0414. The van der Waals surface area contributed by atoms with Crippen molar-refractivity contribution in [3.8, 4) is 5.75 Å². The van der Waals surface area contributed by atoms with Crippen molar-refractivity contribution in [3.05, 3.63) is 54.1 Å². The third-order valence-electron chi connectivity index (χ3n) is 2.28. The van der Waals surface area contributed by atoms with Gasteiger partial charge in [-0.05, 0) is 12.1 Å². The van der Waals surface area contributed by atoms with E-state index in [1.165, 1.54) is 7.11 Å². The largest absolute Gasteiger partial charge is 0.486 e. The lowest BCUT2D eigenvalue weighted by Crippen LogP contribution is -2.06. The Balaban J connectivity index is 2.12. The van der Waals surface area contributed by atoms with Crippen LogP contribution in [-0.4, -0.2) is 23.0 Å². The molecule has 1 aromatic carbocycles. The molecule has 0 unspecified atom stereocenters. The average molecular weight is 244 g/mol. The zero-order valence-corrected chi connectivity index (χ0v) is 9.87. The van der Waals surface area contributed by atoms with E-state index >= 15 is 0 Å². The molecular weight excluding hydrogens is 232 g/mol. The number of benzene rings is 1. The van der Waals surface area contributed by atoms with Crippen LogP contribution < -0.4 is 4.74 Å². The topological polar surface area (TPSA) is 61.3 Å². The summed E-state index contributed by atoms with van der Waals surface area (Å²) in [7, 11) is 1.34. The Morgan fingerprint density at radius 3 is 2.83 bits per heavy atom. The predicted molar refractivity (Wildman–Crippen MR) is 64.1 cm³/mol. The SMILES string of the molecule is COC(=O)c1ccccc1OCc1cnccn1. The van der Waals surface area contributed by atoms with Gasteiger partial charge < -0.3 is 9.47 Å². The molecule has 0 aliphatic heterocycles. The van der Waals surface area contributed by atoms with Crippen molar-refractivity contribution >= 4 is 5.97 Å². The van der Waals surface area contributed by atoms with Crippen LogP contribution in [0.25, 0.3) is 0 Å². The van der Waals surface area contributed by atoms with E-state index in [4.69, 9.17) is 4.74 Å². The van der Waals surface area contributed by atoms with Gasteiger partial charge in [0.25, 0.3) is 0 Å². The molecule has 0 aliphatic rings. The lowest BCUT2D eigenvalue weighted by molar-refractivity contribution is 0.0595. The lowest BCUT2D eigenvalue weighted by atomic mass is 10.2. The molecule has 1 heterocycles. The van der Waals surface area contributed by atoms with Crippen LogP contribution in [0.4, 0.5) is 0 Å². The molecule has 5 heteroatoms. The molecule has 0 amide bonds. The maximum absolute atomic E-state index is 11.5. The van der Waals surface area contributed by atoms with Gasteiger partial charge in [-0.1, -0.05) is 12.1 Å². The first kappa shape index (κ1) is 12.0. The second-order valence-corrected chi connectivity index (χ2v) is 3.47. The van der Waals surface area contributed by atoms with Crippen molar-refractivity contribution in [3.63, 3.8) is 0 Å². The fourth-order valence-electron chi connectivity index (χ4n) is 1.43. The van der Waals surface area contributed by atoms with Crippen LogP contribution >= 0.6 is 0 Å². The zero-order valence-electron chi connectivity index (χ0n) is 9.87. The summed E-state index contributed by atoms with van der Waals surface area (Å²) < 4.78 is 10.2. The van der Waals surface area contributed by atoms with Gasteiger partial charge in [-0.3, -0.25) is 9.97 Å². The van der Waals surface area contributed by atoms with Crippen LogP contribution in [0, 0.1) is 0 Å². The Morgan fingerprint density at radius 1 is 1.28 bits per heavy atom. The molecule has 0 saturated carbocycles. The first-order valence-corrected chi connectivity index (χ1v) is 5.36. The van der Waals surface area contributed by atoms with Crippen LogP contribution in [-0.2, 0) is 11.3 Å². The van der Waals surface area contributed by atoms with E-state index in [0.717, 1.165) is 0 Å². The summed E-state index contributed by atoms with van der Waals surface area (Å²) >= 11 is 0. The zero-order chi connectivity index (χ0) is 12.8. The number of para-hydroxylation sites is 1. The number of rotatable bonds is 4. The number of ether oxygens (including phenoxy) is 2. The summed E-state index contributed by atoms with van der Waals surface area (Å²) in [5, 5.41) is 0. The minimum absolute atomic E-state index is 0.252. The average Bonchev–Trinajstić information content (AvgIpc) is 2.45. The standard InChI is InChI=1S/C13H12N2O3/c1-17-13(16)11-4-2-3-5-12(11)18-9-10-8-14-6-7-15-10/h2-8H,9H2,1H3. The molecule has 92 valence electrons. The Hall–Kier alpha value is -2.43. The van der Waals surface area contributed by atoms with Crippen LogP contribution in [0.15, 0.2) is 42.9 Å². The highest BCUT2D eigenvalue weighted by molar-refractivity contribution is 5.92. The molecule has 18 heavy (non-hydrogen) atoms. The molecule has 0 atom stereocenters. The number of nitrogens with zero attached hydrogens (tertiary/aromatic N) is 2. The van der Waals surface area contributed by atoms with Crippen LogP contribution in [0.3, 0.4) is 0 Å². The number of hydrogen-bond acceptors (Lipinski definition) is 5. The number of esters is 1. The van der Waals surface area contributed by atoms with Crippen molar-refractivity contribution in [2.75, 3.05) is 7.11 Å². The summed E-state index contributed by atoms with van der Waals surface area (Å²) in [5.41, 5.74) is 1.08. The van der Waals surface area contributed by atoms with E-state index in [1.54, 1.807) is 42.9 Å². The third kappa shape index (κ3) is 2.82. The van der Waals surface area contributed by atoms with Gasteiger partial charge in [0.15, 0.2) is 0 Å². The fraction of sp³-hybridized carbons (Fsp3) is 0.154. The number of hydrogen-bond donors (Lipinski definition) is 0. The van der Waals surface area contributed by atoms with Gasteiger partial charge in [0.05, 0.1) is 19.0 Å². The van der Waals surface area contributed by atoms with Crippen molar-refractivity contribution < 1.29 is 14.3 Å². The minimum atomic E-state index is -0.426. The molecule has 0 bridgehead atoms. The molecule has 0 saturated heterocycles. The summed E-state index contributed by atoms with van der Waals surface area (Å²) in [6, 6.07) is 6.90. The highest BCUT2D eigenvalue weighted by Crippen LogP contribution is 2.19. The summed E-state index contributed by atoms with van der Waals surface area (Å²) in [6.45, 7) is 0.252. The van der Waals surface area contributed by atoms with E-state index in [2.05, 4.69) is 14.7 Å². The molecular formula is C13H12N2O3. The van der Waals surface area contributed by atoms with E-state index in [-0.39, 0.29) is 6.61 Å². The van der Waals surface area contributed by atoms with Crippen LogP contribution in [0.2, 0.25) is 0 Å². The van der Waals surface area contributed by atoms with Gasteiger partial charge in [-0.2, -0.15) is 0 Å². The van der Waals surface area contributed by atoms with Crippen molar-refractivity contribution in [2.45, 2.75) is 6.61 Å². The van der Waals surface area contributed by atoms with Crippen molar-refractivity contribution in [1.29, 1.82) is 0 Å². The van der Waals surface area contributed by atoms with Gasteiger partial charge in [-0.15, -0.1) is 0 Å². The van der Waals surface area contributed by atoms with Gasteiger partial charge in [0.2, 0.25) is 0 Å². The molecule has 5 nitrogen and oxygen atoms in total. The van der Waals surface area contributed by atoms with E-state index in [1.807, 2.05) is 0 Å². The Kier molecular flexibility index (Phi) is 3.86. The second-order valence-electron chi connectivity index (χ2n) is 3.47. The molecule has 0 spiro atoms. The van der Waals surface area contributed by atoms with Gasteiger partial charge >= 0.3 is 5.97 Å². The summed E-state index contributed by atoms with van der Waals surface area (Å²) in [6.07, 6.45) is 4.79. The van der Waals surface area contributed by atoms with Gasteiger partial charge in [-0.25, -0.2) is 4.79 Å². The first-order chi connectivity index (χ1) is 8.81. The number of carbonyl (C=O) groups is 1. The van der Waals surface area contributed by atoms with E-state index in [9.17, 15) is 4.79 Å². The normalized spacial score (nSPS) is 9.83. The van der Waals surface area contributed by atoms with Crippen molar-refractivity contribution in [2.24, 2.45) is 0 Å². The quantitative estimate of drug-likeness (QED) is 0.768. The van der Waals surface area contributed by atoms with Gasteiger partial charge in [0.1, 0.15) is 17.9 Å². The minimum Gasteiger partial charge on any atom is -0.486 e. The Labute approximate surface area is 104 Å². The number of aromatic nitrogens is 2. The third-order valence-corrected chi connectivity index (χ3v) is 2.28. The molecule has 1 aromatic heterocycles. The number of methoxy groups -OCH3 is 1. The Morgan fingerprint density at radius 2 is 2.11 bits per heavy atom. The molecule has 0 N–H and O–H groups in total.